The lowest BCUT2D eigenvalue weighted by Crippen LogP contribution is -2.54. The first kappa shape index (κ1) is 11.8. The molecule has 0 bridgehead atoms. The topological polar surface area (TPSA) is 53.6 Å². The van der Waals surface area contributed by atoms with Gasteiger partial charge in [-0.3, -0.25) is 9.69 Å². The van der Waals surface area contributed by atoms with Crippen LogP contribution in [0.2, 0.25) is 0 Å². The lowest BCUT2D eigenvalue weighted by Gasteiger charge is -2.36. The average Bonchev–Trinajstić information content (AvgIpc) is 2.26. The van der Waals surface area contributed by atoms with Crippen LogP contribution in [0.4, 0.5) is 0 Å². The molecule has 5 heteroatoms. The van der Waals surface area contributed by atoms with Crippen molar-refractivity contribution in [3.05, 3.63) is 0 Å². The normalized spacial score (nSPS) is 27.4. The van der Waals surface area contributed by atoms with Gasteiger partial charge in [0.25, 0.3) is 0 Å². The van der Waals surface area contributed by atoms with Crippen molar-refractivity contribution >= 4 is 5.91 Å². The van der Waals surface area contributed by atoms with Crippen LogP contribution in [0.1, 0.15) is 6.42 Å². The summed E-state index contributed by atoms with van der Waals surface area (Å²) in [6.45, 7) is 5.43. The maximum Gasteiger partial charge on any atom is 0.239 e. The molecule has 92 valence electrons. The van der Waals surface area contributed by atoms with Gasteiger partial charge in [0, 0.05) is 13.6 Å². The van der Waals surface area contributed by atoms with Crippen molar-refractivity contribution in [3.8, 4) is 0 Å². The fourth-order valence-corrected chi connectivity index (χ4v) is 2.21. The minimum absolute atomic E-state index is 0.0754. The van der Waals surface area contributed by atoms with Gasteiger partial charge in [-0.2, -0.15) is 0 Å². The van der Waals surface area contributed by atoms with Crippen LogP contribution >= 0.6 is 0 Å². The molecule has 2 heterocycles. The Morgan fingerprint density at radius 1 is 1.56 bits per heavy atom. The summed E-state index contributed by atoms with van der Waals surface area (Å²) < 4.78 is 5.37. The highest BCUT2D eigenvalue weighted by atomic mass is 16.5. The molecule has 0 aliphatic carbocycles. The summed E-state index contributed by atoms with van der Waals surface area (Å²) in [4.78, 5) is 13.9. The van der Waals surface area contributed by atoms with Crippen molar-refractivity contribution in [2.75, 3.05) is 46.4 Å². The molecule has 5 nitrogen and oxygen atoms in total. The van der Waals surface area contributed by atoms with Gasteiger partial charge in [-0.25, -0.2) is 0 Å². The first-order chi connectivity index (χ1) is 7.81. The Kier molecular flexibility index (Phi) is 4.15. The van der Waals surface area contributed by atoms with Crippen LogP contribution in [0.25, 0.3) is 0 Å². The summed E-state index contributed by atoms with van der Waals surface area (Å²) >= 11 is 0. The van der Waals surface area contributed by atoms with E-state index in [1.807, 2.05) is 0 Å². The zero-order valence-electron chi connectivity index (χ0n) is 9.87. The maximum absolute atomic E-state index is 11.7. The number of rotatable bonds is 4. The predicted molar refractivity (Wildman–Crippen MR) is 61.2 cm³/mol. The number of hydrogen-bond donors (Lipinski definition) is 2. The van der Waals surface area contributed by atoms with E-state index in [2.05, 4.69) is 15.5 Å². The van der Waals surface area contributed by atoms with E-state index in [9.17, 15) is 4.79 Å². The number of hydrogen-bond acceptors (Lipinski definition) is 4. The average molecular weight is 227 g/mol. The van der Waals surface area contributed by atoms with Crippen LogP contribution < -0.4 is 10.6 Å². The fraction of sp³-hybridized carbons (Fsp3) is 0.909. The number of amides is 1. The molecule has 1 atom stereocenters. The van der Waals surface area contributed by atoms with E-state index in [0.29, 0.717) is 6.61 Å². The van der Waals surface area contributed by atoms with Crippen LogP contribution in [0.5, 0.6) is 0 Å². The highest BCUT2D eigenvalue weighted by Gasteiger charge is 2.29. The monoisotopic (exact) mass is 227 g/mol. The second-order valence-corrected chi connectivity index (χ2v) is 4.55. The Balaban J connectivity index is 1.80. The number of morpholine rings is 1. The van der Waals surface area contributed by atoms with Crippen LogP contribution in [0.15, 0.2) is 0 Å². The van der Waals surface area contributed by atoms with Crippen LogP contribution in [0.3, 0.4) is 0 Å². The minimum atomic E-state index is -0.0909. The molecule has 0 spiro atoms. The Hall–Kier alpha value is -0.650. The van der Waals surface area contributed by atoms with Gasteiger partial charge in [-0.15, -0.1) is 0 Å². The first-order valence-electron chi connectivity index (χ1n) is 6.05. The van der Waals surface area contributed by atoms with Crippen LogP contribution in [0, 0.1) is 5.92 Å². The molecule has 2 aliphatic heterocycles. The molecule has 1 amide bonds. The highest BCUT2D eigenvalue weighted by Crippen LogP contribution is 2.13. The number of likely N-dealkylation sites (N-methyl/N-ethyl adjacent to an activating group) is 1. The lowest BCUT2D eigenvalue weighted by molar-refractivity contribution is -0.132. The van der Waals surface area contributed by atoms with Gasteiger partial charge >= 0.3 is 0 Å². The van der Waals surface area contributed by atoms with Gasteiger partial charge < -0.3 is 15.4 Å². The SMILES string of the molecule is CNC(=O)C1COCCN1CCC1CNC1. The van der Waals surface area contributed by atoms with Crippen LogP contribution in [-0.4, -0.2) is 63.3 Å². The third kappa shape index (κ3) is 2.72. The summed E-state index contributed by atoms with van der Waals surface area (Å²) in [6.07, 6.45) is 1.18. The van der Waals surface area contributed by atoms with E-state index < -0.39 is 0 Å². The number of carbonyl (C=O) groups is 1. The molecule has 0 saturated carbocycles. The van der Waals surface area contributed by atoms with Gasteiger partial charge in [0.1, 0.15) is 6.04 Å². The molecule has 2 N–H and O–H groups in total. The van der Waals surface area contributed by atoms with Crippen molar-refractivity contribution in [1.82, 2.24) is 15.5 Å². The molecule has 2 rings (SSSR count). The summed E-state index contributed by atoms with van der Waals surface area (Å²) in [5, 5.41) is 5.98. The molecule has 2 aliphatic rings. The quantitative estimate of drug-likeness (QED) is 0.650. The van der Waals surface area contributed by atoms with Gasteiger partial charge in [-0.1, -0.05) is 0 Å². The summed E-state index contributed by atoms with van der Waals surface area (Å²) in [7, 11) is 1.69. The highest BCUT2D eigenvalue weighted by molar-refractivity contribution is 5.81. The molecule has 0 aromatic carbocycles. The molecule has 0 radical (unpaired) electrons. The van der Waals surface area contributed by atoms with E-state index in [0.717, 1.165) is 38.7 Å². The van der Waals surface area contributed by atoms with Crippen molar-refractivity contribution in [2.24, 2.45) is 5.92 Å². The van der Waals surface area contributed by atoms with E-state index >= 15 is 0 Å². The van der Waals surface area contributed by atoms with Gasteiger partial charge in [0.2, 0.25) is 5.91 Å². The fourth-order valence-electron chi connectivity index (χ4n) is 2.21. The van der Waals surface area contributed by atoms with Crippen LogP contribution in [-0.2, 0) is 9.53 Å². The molecule has 2 fully saturated rings. The van der Waals surface area contributed by atoms with Crippen molar-refractivity contribution in [1.29, 1.82) is 0 Å². The second-order valence-electron chi connectivity index (χ2n) is 4.55. The predicted octanol–water partition coefficient (Wildman–Crippen LogP) is -0.957. The van der Waals surface area contributed by atoms with Gasteiger partial charge in [0.15, 0.2) is 0 Å². The molecule has 0 aromatic rings. The molecule has 0 aromatic heterocycles. The summed E-state index contributed by atoms with van der Waals surface area (Å²) in [5.74, 6) is 0.875. The van der Waals surface area contributed by atoms with E-state index in [-0.39, 0.29) is 11.9 Å². The van der Waals surface area contributed by atoms with Gasteiger partial charge in [0.05, 0.1) is 13.2 Å². The van der Waals surface area contributed by atoms with E-state index in [4.69, 9.17) is 4.74 Å². The van der Waals surface area contributed by atoms with Gasteiger partial charge in [-0.05, 0) is 32.0 Å². The largest absolute Gasteiger partial charge is 0.378 e. The molecule has 1 unspecified atom stereocenters. The number of ether oxygens (including phenoxy) is 1. The molecule has 16 heavy (non-hydrogen) atoms. The second kappa shape index (κ2) is 5.61. The molecular formula is C11H21N3O2. The van der Waals surface area contributed by atoms with E-state index in [1.165, 1.54) is 6.42 Å². The Labute approximate surface area is 96.5 Å². The van der Waals surface area contributed by atoms with Crippen molar-refractivity contribution < 1.29 is 9.53 Å². The Morgan fingerprint density at radius 2 is 2.38 bits per heavy atom. The van der Waals surface area contributed by atoms with E-state index in [1.54, 1.807) is 7.05 Å². The minimum Gasteiger partial charge on any atom is -0.378 e. The molecule has 2 saturated heterocycles. The molecular weight excluding hydrogens is 206 g/mol. The van der Waals surface area contributed by atoms with Crippen molar-refractivity contribution in [2.45, 2.75) is 12.5 Å². The summed E-state index contributed by atoms with van der Waals surface area (Å²) in [6, 6.07) is -0.0909. The standard InChI is InChI=1S/C11H21N3O2/c1-12-11(15)10-8-16-5-4-14(10)3-2-9-6-13-7-9/h9-10,13H,2-8H2,1H3,(H,12,15). The third-order valence-electron chi connectivity index (χ3n) is 3.48. The summed E-state index contributed by atoms with van der Waals surface area (Å²) in [5.41, 5.74) is 0. The number of nitrogens with zero attached hydrogens (tertiary/aromatic N) is 1. The van der Waals surface area contributed by atoms with Crippen molar-refractivity contribution in [3.63, 3.8) is 0 Å². The smallest absolute Gasteiger partial charge is 0.239 e. The zero-order valence-corrected chi connectivity index (χ0v) is 9.87. The Bertz CT molecular complexity index is 243. The lowest BCUT2D eigenvalue weighted by atomic mass is 9.98. The maximum atomic E-state index is 11.7. The first-order valence-corrected chi connectivity index (χ1v) is 6.05. The number of nitrogens with one attached hydrogen (secondary N) is 2. The zero-order chi connectivity index (χ0) is 11.4. The Morgan fingerprint density at radius 3 is 3.00 bits per heavy atom. The third-order valence-corrected chi connectivity index (χ3v) is 3.48. The number of carbonyl (C=O) groups excluding carboxylic acids is 1.